The summed E-state index contributed by atoms with van der Waals surface area (Å²) in [7, 11) is -3.42. The lowest BCUT2D eigenvalue weighted by atomic mass is 10.2. The SMILES string of the molecule is CC(COc1ccccc1C(F)(F)F)NS(C)(=O)=O. The van der Waals surface area contributed by atoms with Crippen molar-refractivity contribution in [3.63, 3.8) is 0 Å². The van der Waals surface area contributed by atoms with Crippen molar-refractivity contribution in [2.24, 2.45) is 0 Å². The Morgan fingerprint density at radius 1 is 1.32 bits per heavy atom. The monoisotopic (exact) mass is 297 g/mol. The first-order valence-electron chi connectivity index (χ1n) is 5.36. The summed E-state index contributed by atoms with van der Waals surface area (Å²) in [5, 5.41) is 0. The predicted molar refractivity (Wildman–Crippen MR) is 64.4 cm³/mol. The smallest absolute Gasteiger partial charge is 0.419 e. The van der Waals surface area contributed by atoms with Gasteiger partial charge in [-0.15, -0.1) is 0 Å². The number of hydrogen-bond acceptors (Lipinski definition) is 3. The fourth-order valence-corrected chi connectivity index (χ4v) is 2.24. The number of benzene rings is 1. The number of rotatable bonds is 5. The Morgan fingerprint density at radius 3 is 2.42 bits per heavy atom. The molecule has 1 aromatic carbocycles. The number of para-hydroxylation sites is 1. The molecule has 1 atom stereocenters. The zero-order valence-electron chi connectivity index (χ0n) is 10.4. The highest BCUT2D eigenvalue weighted by atomic mass is 32.2. The van der Waals surface area contributed by atoms with Crippen molar-refractivity contribution >= 4 is 10.0 Å². The first-order chi connectivity index (χ1) is 8.59. The second kappa shape index (κ2) is 5.79. The second-order valence-corrected chi connectivity index (χ2v) is 5.88. The van der Waals surface area contributed by atoms with Crippen LogP contribution in [0.4, 0.5) is 13.2 Å². The highest BCUT2D eigenvalue weighted by Crippen LogP contribution is 2.35. The fourth-order valence-electron chi connectivity index (χ4n) is 1.44. The molecule has 1 unspecified atom stereocenters. The van der Waals surface area contributed by atoms with Gasteiger partial charge in [-0.05, 0) is 19.1 Å². The van der Waals surface area contributed by atoms with Gasteiger partial charge in [0.15, 0.2) is 0 Å². The summed E-state index contributed by atoms with van der Waals surface area (Å²) in [6, 6.07) is 4.14. The minimum atomic E-state index is -4.51. The maximum Gasteiger partial charge on any atom is 0.419 e. The molecule has 0 saturated heterocycles. The molecule has 0 radical (unpaired) electrons. The maximum absolute atomic E-state index is 12.7. The summed E-state index contributed by atoms with van der Waals surface area (Å²) in [6.45, 7) is 1.30. The largest absolute Gasteiger partial charge is 0.491 e. The number of hydrogen-bond donors (Lipinski definition) is 1. The number of alkyl halides is 3. The molecule has 0 amide bonds. The van der Waals surface area contributed by atoms with Crippen molar-refractivity contribution in [3.8, 4) is 5.75 Å². The highest BCUT2D eigenvalue weighted by Gasteiger charge is 2.34. The molecule has 8 heteroatoms. The molecule has 0 heterocycles. The highest BCUT2D eigenvalue weighted by molar-refractivity contribution is 7.88. The van der Waals surface area contributed by atoms with Crippen LogP contribution >= 0.6 is 0 Å². The molecule has 1 rings (SSSR count). The first kappa shape index (κ1) is 15.8. The molecule has 0 fully saturated rings. The lowest BCUT2D eigenvalue weighted by molar-refractivity contribution is -0.139. The molecule has 0 saturated carbocycles. The lowest BCUT2D eigenvalue weighted by Gasteiger charge is -2.17. The van der Waals surface area contributed by atoms with Gasteiger partial charge in [-0.1, -0.05) is 12.1 Å². The first-order valence-corrected chi connectivity index (χ1v) is 7.25. The summed E-state index contributed by atoms with van der Waals surface area (Å²) in [5.74, 6) is -0.322. The van der Waals surface area contributed by atoms with Crippen LogP contribution in [0.1, 0.15) is 12.5 Å². The van der Waals surface area contributed by atoms with Gasteiger partial charge in [0, 0.05) is 0 Å². The maximum atomic E-state index is 12.7. The van der Waals surface area contributed by atoms with Crippen LogP contribution in [0.3, 0.4) is 0 Å². The standard InChI is InChI=1S/C11H14F3NO3S/c1-8(15-19(2,16)17)7-18-10-6-4-3-5-9(10)11(12,13)14/h3-6,8,15H,7H2,1-2H3. The summed E-state index contributed by atoms with van der Waals surface area (Å²) >= 11 is 0. The topological polar surface area (TPSA) is 55.4 Å². The summed E-state index contributed by atoms with van der Waals surface area (Å²) < 4.78 is 67.1. The molecular weight excluding hydrogens is 283 g/mol. The van der Waals surface area contributed by atoms with E-state index in [-0.39, 0.29) is 12.4 Å². The van der Waals surface area contributed by atoms with Crippen LogP contribution in [-0.2, 0) is 16.2 Å². The molecule has 0 aliphatic carbocycles. The van der Waals surface area contributed by atoms with Crippen molar-refractivity contribution in [2.45, 2.75) is 19.1 Å². The third kappa shape index (κ3) is 5.48. The van der Waals surface area contributed by atoms with E-state index in [1.54, 1.807) is 0 Å². The van der Waals surface area contributed by atoms with E-state index >= 15 is 0 Å². The third-order valence-electron chi connectivity index (χ3n) is 2.10. The van der Waals surface area contributed by atoms with E-state index in [0.29, 0.717) is 0 Å². The van der Waals surface area contributed by atoms with E-state index < -0.39 is 27.8 Å². The van der Waals surface area contributed by atoms with Crippen molar-refractivity contribution in [2.75, 3.05) is 12.9 Å². The van der Waals surface area contributed by atoms with Gasteiger partial charge in [0.1, 0.15) is 12.4 Å². The van der Waals surface area contributed by atoms with Crippen molar-refractivity contribution < 1.29 is 26.3 Å². The van der Waals surface area contributed by atoms with E-state index in [2.05, 4.69) is 4.72 Å². The van der Waals surface area contributed by atoms with Crippen LogP contribution in [-0.4, -0.2) is 27.3 Å². The van der Waals surface area contributed by atoms with Gasteiger partial charge in [0.2, 0.25) is 10.0 Å². The van der Waals surface area contributed by atoms with E-state index in [0.717, 1.165) is 12.3 Å². The van der Waals surface area contributed by atoms with E-state index in [1.165, 1.54) is 25.1 Å². The average Bonchev–Trinajstić information content (AvgIpc) is 2.23. The van der Waals surface area contributed by atoms with Crippen LogP contribution in [0.5, 0.6) is 5.75 Å². The fraction of sp³-hybridized carbons (Fsp3) is 0.455. The van der Waals surface area contributed by atoms with Crippen LogP contribution in [0.2, 0.25) is 0 Å². The normalized spacial score (nSPS) is 14.2. The quantitative estimate of drug-likeness (QED) is 0.904. The Kier molecular flexibility index (Phi) is 4.81. The molecule has 4 nitrogen and oxygen atoms in total. The number of ether oxygens (including phenoxy) is 1. The Hall–Kier alpha value is -1.28. The number of sulfonamides is 1. The van der Waals surface area contributed by atoms with Gasteiger partial charge in [-0.25, -0.2) is 13.1 Å². The van der Waals surface area contributed by atoms with Crippen molar-refractivity contribution in [3.05, 3.63) is 29.8 Å². The van der Waals surface area contributed by atoms with Gasteiger partial charge >= 0.3 is 6.18 Å². The summed E-state index contributed by atoms with van der Waals surface area (Å²) in [6.07, 6.45) is -3.54. The molecule has 0 bridgehead atoms. The van der Waals surface area contributed by atoms with Crippen LogP contribution in [0.25, 0.3) is 0 Å². The van der Waals surface area contributed by atoms with Gasteiger partial charge in [-0.2, -0.15) is 13.2 Å². The minimum absolute atomic E-state index is 0.194. The molecule has 108 valence electrons. The minimum Gasteiger partial charge on any atom is -0.491 e. The molecule has 0 spiro atoms. The summed E-state index contributed by atoms with van der Waals surface area (Å²) in [5.41, 5.74) is -0.887. The second-order valence-electron chi connectivity index (χ2n) is 4.10. The van der Waals surface area contributed by atoms with E-state index in [9.17, 15) is 21.6 Å². The molecule has 1 N–H and O–H groups in total. The average molecular weight is 297 g/mol. The zero-order valence-corrected chi connectivity index (χ0v) is 11.2. The van der Waals surface area contributed by atoms with E-state index in [4.69, 9.17) is 4.74 Å². The van der Waals surface area contributed by atoms with Gasteiger partial charge in [0.25, 0.3) is 0 Å². The van der Waals surface area contributed by atoms with Crippen molar-refractivity contribution in [1.29, 1.82) is 0 Å². The predicted octanol–water partition coefficient (Wildman–Crippen LogP) is 2.02. The molecule has 0 aliphatic rings. The van der Waals surface area contributed by atoms with Gasteiger partial charge in [0.05, 0.1) is 17.9 Å². The van der Waals surface area contributed by atoms with Gasteiger partial charge in [-0.3, -0.25) is 0 Å². The van der Waals surface area contributed by atoms with E-state index in [1.807, 2.05) is 0 Å². The third-order valence-corrected chi connectivity index (χ3v) is 2.93. The molecule has 1 aromatic rings. The Balaban J connectivity index is 2.74. The zero-order chi connectivity index (χ0) is 14.7. The molecule has 19 heavy (non-hydrogen) atoms. The Morgan fingerprint density at radius 2 is 1.89 bits per heavy atom. The van der Waals surface area contributed by atoms with Crippen LogP contribution in [0, 0.1) is 0 Å². The molecule has 0 aromatic heterocycles. The number of nitrogens with one attached hydrogen (secondary N) is 1. The number of halogens is 3. The van der Waals surface area contributed by atoms with Crippen molar-refractivity contribution in [1.82, 2.24) is 4.72 Å². The Labute approximate surface area is 109 Å². The molecule has 0 aliphatic heterocycles. The molecular formula is C11H14F3NO3S. The van der Waals surface area contributed by atoms with Gasteiger partial charge < -0.3 is 4.74 Å². The Bertz CT molecular complexity index is 528. The van der Waals surface area contributed by atoms with Crippen LogP contribution < -0.4 is 9.46 Å². The lowest BCUT2D eigenvalue weighted by Crippen LogP contribution is -2.36. The summed E-state index contributed by atoms with van der Waals surface area (Å²) in [4.78, 5) is 0. The van der Waals surface area contributed by atoms with Crippen LogP contribution in [0.15, 0.2) is 24.3 Å².